The third-order valence-electron chi connectivity index (χ3n) is 4.52. The number of carbonyl (C=O) groups is 1. The van der Waals surface area contributed by atoms with Crippen molar-refractivity contribution in [3.05, 3.63) is 60.4 Å². The molecule has 0 aliphatic carbocycles. The van der Waals surface area contributed by atoms with Crippen molar-refractivity contribution in [2.45, 2.75) is 6.42 Å². The van der Waals surface area contributed by atoms with Crippen LogP contribution in [0.15, 0.2) is 54.9 Å². The number of aromatic nitrogens is 4. The molecule has 0 bridgehead atoms. The molecular weight excluding hydrogens is 372 g/mol. The molecule has 0 unspecified atom stereocenters. The zero-order chi connectivity index (χ0) is 19.8. The van der Waals surface area contributed by atoms with Gasteiger partial charge in [-0.2, -0.15) is 19.6 Å². The number of benzene rings is 2. The molecule has 9 nitrogen and oxygen atoms in total. The van der Waals surface area contributed by atoms with Gasteiger partial charge in [-0.1, -0.05) is 12.1 Å². The van der Waals surface area contributed by atoms with Crippen molar-refractivity contribution in [3.63, 3.8) is 0 Å². The van der Waals surface area contributed by atoms with Crippen LogP contribution in [0.2, 0.25) is 0 Å². The second kappa shape index (κ2) is 6.79. The molecular formula is C20H16N6O3. The van der Waals surface area contributed by atoms with E-state index in [1.165, 1.54) is 6.33 Å². The highest BCUT2D eigenvalue weighted by Crippen LogP contribution is 2.36. The van der Waals surface area contributed by atoms with Crippen LogP contribution in [0.4, 0.5) is 11.5 Å². The Hall–Kier alpha value is -4.14. The molecule has 0 spiro atoms. The number of anilines is 2. The van der Waals surface area contributed by atoms with Gasteiger partial charge in [-0.05, 0) is 35.9 Å². The summed E-state index contributed by atoms with van der Waals surface area (Å²) < 4.78 is 12.5. The highest BCUT2D eigenvalue weighted by atomic mass is 16.7. The van der Waals surface area contributed by atoms with Crippen molar-refractivity contribution in [2.24, 2.45) is 5.73 Å². The van der Waals surface area contributed by atoms with Gasteiger partial charge in [0.2, 0.25) is 12.7 Å². The number of rotatable bonds is 5. The van der Waals surface area contributed by atoms with Gasteiger partial charge in [0.05, 0.1) is 12.1 Å². The van der Waals surface area contributed by atoms with Crippen molar-refractivity contribution in [2.75, 3.05) is 12.1 Å². The lowest BCUT2D eigenvalue weighted by Gasteiger charge is -2.10. The number of hydrogen-bond donors (Lipinski definition) is 2. The molecule has 0 atom stereocenters. The Labute approximate surface area is 165 Å². The van der Waals surface area contributed by atoms with Crippen molar-refractivity contribution in [1.29, 1.82) is 0 Å². The number of fused-ring (bicyclic) bond motifs is 2. The minimum Gasteiger partial charge on any atom is -0.454 e. The van der Waals surface area contributed by atoms with Crippen molar-refractivity contribution in [3.8, 4) is 22.8 Å². The number of nitrogens with zero attached hydrogens (tertiary/aromatic N) is 4. The average molecular weight is 388 g/mol. The van der Waals surface area contributed by atoms with E-state index >= 15 is 0 Å². The lowest BCUT2D eigenvalue weighted by atomic mass is 10.1. The van der Waals surface area contributed by atoms with Gasteiger partial charge in [-0.3, -0.25) is 4.79 Å². The molecule has 144 valence electrons. The van der Waals surface area contributed by atoms with E-state index in [2.05, 4.69) is 20.4 Å². The Morgan fingerprint density at radius 1 is 1.10 bits per heavy atom. The van der Waals surface area contributed by atoms with Crippen molar-refractivity contribution >= 4 is 23.2 Å². The van der Waals surface area contributed by atoms with Crippen LogP contribution in [0.5, 0.6) is 11.5 Å². The molecule has 0 radical (unpaired) electrons. The minimum absolute atomic E-state index is 0.207. The minimum atomic E-state index is -0.363. The molecule has 0 saturated carbocycles. The van der Waals surface area contributed by atoms with Gasteiger partial charge in [-0.25, -0.2) is 0 Å². The first-order chi connectivity index (χ1) is 14.2. The molecule has 1 aliphatic heterocycles. The van der Waals surface area contributed by atoms with Crippen LogP contribution < -0.4 is 20.5 Å². The molecule has 3 heterocycles. The van der Waals surface area contributed by atoms with E-state index < -0.39 is 0 Å². The second-order valence-corrected chi connectivity index (χ2v) is 6.53. The summed E-state index contributed by atoms with van der Waals surface area (Å²) >= 11 is 0. The van der Waals surface area contributed by atoms with Crippen LogP contribution >= 0.6 is 0 Å². The Bertz CT molecular complexity index is 1220. The van der Waals surface area contributed by atoms with Gasteiger partial charge in [0.1, 0.15) is 12.1 Å². The summed E-state index contributed by atoms with van der Waals surface area (Å²) in [6.45, 7) is 0.215. The van der Waals surface area contributed by atoms with E-state index in [0.29, 0.717) is 23.1 Å². The molecule has 29 heavy (non-hydrogen) atoms. The van der Waals surface area contributed by atoms with Crippen LogP contribution in [0, 0.1) is 0 Å². The second-order valence-electron chi connectivity index (χ2n) is 6.53. The Kier molecular flexibility index (Phi) is 3.98. The first-order valence-corrected chi connectivity index (χ1v) is 8.91. The highest BCUT2D eigenvalue weighted by molar-refractivity contribution is 5.77. The zero-order valence-electron chi connectivity index (χ0n) is 15.2. The van der Waals surface area contributed by atoms with Crippen LogP contribution in [-0.4, -0.2) is 32.3 Å². The summed E-state index contributed by atoms with van der Waals surface area (Å²) in [6.07, 6.45) is 1.67. The van der Waals surface area contributed by atoms with E-state index in [1.807, 2.05) is 48.5 Å². The summed E-state index contributed by atoms with van der Waals surface area (Å²) in [5.74, 6) is 2.12. The molecule has 2 aromatic carbocycles. The van der Waals surface area contributed by atoms with Crippen molar-refractivity contribution < 1.29 is 14.3 Å². The Morgan fingerprint density at radius 3 is 2.76 bits per heavy atom. The van der Waals surface area contributed by atoms with Crippen LogP contribution in [-0.2, 0) is 11.2 Å². The van der Waals surface area contributed by atoms with E-state index in [9.17, 15) is 4.79 Å². The van der Waals surface area contributed by atoms with E-state index in [-0.39, 0.29) is 19.1 Å². The van der Waals surface area contributed by atoms with Gasteiger partial charge in [-0.15, -0.1) is 0 Å². The van der Waals surface area contributed by atoms with E-state index in [4.69, 9.17) is 15.2 Å². The highest BCUT2D eigenvalue weighted by Gasteiger charge is 2.16. The van der Waals surface area contributed by atoms with Gasteiger partial charge in [0, 0.05) is 17.3 Å². The van der Waals surface area contributed by atoms with Gasteiger partial charge < -0.3 is 20.5 Å². The number of nitrogens with two attached hydrogens (primary N) is 1. The molecule has 0 saturated heterocycles. The number of hydrogen-bond acceptors (Lipinski definition) is 7. The molecule has 4 aromatic rings. The fraction of sp³-hybridized carbons (Fsp3) is 0.100. The average Bonchev–Trinajstić information content (AvgIpc) is 3.37. The smallest absolute Gasteiger partial charge is 0.254 e. The monoisotopic (exact) mass is 388 g/mol. The quantitative estimate of drug-likeness (QED) is 0.539. The van der Waals surface area contributed by atoms with Gasteiger partial charge >= 0.3 is 0 Å². The lowest BCUT2D eigenvalue weighted by Crippen LogP contribution is -2.13. The third kappa shape index (κ3) is 3.29. The summed E-state index contributed by atoms with van der Waals surface area (Å²) in [5, 5.41) is 7.54. The van der Waals surface area contributed by atoms with Gasteiger partial charge in [0.25, 0.3) is 5.78 Å². The fourth-order valence-corrected chi connectivity index (χ4v) is 3.19. The van der Waals surface area contributed by atoms with Gasteiger partial charge in [0.15, 0.2) is 11.5 Å². The van der Waals surface area contributed by atoms with Crippen LogP contribution in [0.3, 0.4) is 0 Å². The number of amides is 1. The number of carbonyl (C=O) groups excluding carboxylic acids is 1. The molecule has 1 aliphatic rings. The summed E-state index contributed by atoms with van der Waals surface area (Å²) in [4.78, 5) is 19.8. The number of ether oxygens (including phenoxy) is 2. The predicted molar refractivity (Wildman–Crippen MR) is 105 cm³/mol. The topological polar surface area (TPSA) is 117 Å². The maximum absolute atomic E-state index is 11.1. The van der Waals surface area contributed by atoms with E-state index in [0.717, 1.165) is 22.5 Å². The maximum Gasteiger partial charge on any atom is 0.254 e. The molecule has 0 fully saturated rings. The zero-order valence-corrected chi connectivity index (χ0v) is 15.2. The Balaban J connectivity index is 1.50. The predicted octanol–water partition coefficient (Wildman–Crippen LogP) is 2.29. The first kappa shape index (κ1) is 17.0. The largest absolute Gasteiger partial charge is 0.454 e. The normalized spacial score (nSPS) is 12.3. The Morgan fingerprint density at radius 2 is 1.93 bits per heavy atom. The molecule has 2 aromatic heterocycles. The molecule has 5 rings (SSSR count). The molecule has 3 N–H and O–H groups in total. The first-order valence-electron chi connectivity index (χ1n) is 8.91. The lowest BCUT2D eigenvalue weighted by molar-refractivity contribution is -0.117. The SMILES string of the molecule is NC(=O)Cc1ccc(Nc2cc(-c3ccc4c(c3)OCO4)n3ncnc3n2)cc1. The van der Waals surface area contributed by atoms with Crippen LogP contribution in [0.1, 0.15) is 5.56 Å². The maximum atomic E-state index is 11.1. The number of primary amides is 1. The fourth-order valence-electron chi connectivity index (χ4n) is 3.19. The van der Waals surface area contributed by atoms with E-state index in [1.54, 1.807) is 4.52 Å². The summed E-state index contributed by atoms with van der Waals surface area (Å²) in [7, 11) is 0. The molecule has 9 heteroatoms. The molecule has 1 amide bonds. The standard InChI is InChI=1S/C20H16N6O3/c21-18(27)7-12-1-4-14(5-2-12)24-19-9-15(26-20(25-19)22-10-23-26)13-3-6-16-17(8-13)29-11-28-16/h1-6,8-10H,7,11H2,(H2,21,27)(H,22,23,24,25). The number of nitrogens with one attached hydrogen (secondary N) is 1. The summed E-state index contributed by atoms with van der Waals surface area (Å²) in [6, 6.07) is 15.0. The summed E-state index contributed by atoms with van der Waals surface area (Å²) in [5.41, 5.74) is 8.61. The van der Waals surface area contributed by atoms with Crippen molar-refractivity contribution in [1.82, 2.24) is 19.6 Å². The van der Waals surface area contributed by atoms with Crippen LogP contribution in [0.25, 0.3) is 17.0 Å². The third-order valence-corrected chi connectivity index (χ3v) is 4.52.